The van der Waals surface area contributed by atoms with E-state index in [4.69, 9.17) is 19.3 Å². The standard InChI is InChI=1S/C38H42FN5O6S/c1-24-18-32-28(21-40-44(32)25(2)30-11-8-10-26-16-17-42(23-31(26)30)37(45)50-38(3,4)5)19-34(24)51(46,47)43(36-13-9-12-35(39)41-36)22-27-14-15-29(48-6)20-33(27)49-7/h8-15,18-21,25H,16-17,22-23H2,1-7H3. The number of nitrogens with zero attached hydrogens (tertiary/aromatic N) is 5. The number of benzene rings is 3. The summed E-state index contributed by atoms with van der Waals surface area (Å²) in [4.78, 5) is 18.7. The van der Waals surface area contributed by atoms with Gasteiger partial charge in [0.15, 0.2) is 0 Å². The van der Waals surface area contributed by atoms with Crippen LogP contribution in [0.2, 0.25) is 0 Å². The van der Waals surface area contributed by atoms with E-state index < -0.39 is 21.6 Å². The van der Waals surface area contributed by atoms with Crippen molar-refractivity contribution in [3.05, 3.63) is 107 Å². The topological polar surface area (TPSA) is 116 Å². The Morgan fingerprint density at radius 2 is 1.80 bits per heavy atom. The molecule has 13 heteroatoms. The van der Waals surface area contributed by atoms with Crippen molar-refractivity contribution in [2.75, 3.05) is 25.1 Å². The summed E-state index contributed by atoms with van der Waals surface area (Å²) in [7, 11) is -1.30. The van der Waals surface area contributed by atoms with Gasteiger partial charge in [-0.1, -0.05) is 24.3 Å². The minimum atomic E-state index is -4.30. The number of ether oxygens (including phenoxy) is 3. The maximum atomic E-state index is 14.6. The molecule has 0 spiro atoms. The molecule has 11 nitrogen and oxygen atoms in total. The maximum absolute atomic E-state index is 14.6. The normalized spacial score (nSPS) is 13.8. The number of methoxy groups -OCH3 is 2. The fourth-order valence-corrected chi connectivity index (χ4v) is 8.09. The molecule has 51 heavy (non-hydrogen) atoms. The third-order valence-electron chi connectivity index (χ3n) is 9.00. The first-order valence-corrected chi connectivity index (χ1v) is 18.1. The van der Waals surface area contributed by atoms with E-state index in [1.54, 1.807) is 48.4 Å². The first-order chi connectivity index (χ1) is 24.2. The highest BCUT2D eigenvalue weighted by Gasteiger charge is 2.32. The Hall–Kier alpha value is -5.17. The number of aryl methyl sites for hydroxylation is 1. The highest BCUT2D eigenvalue weighted by molar-refractivity contribution is 7.92. The number of amides is 1. The quantitative estimate of drug-likeness (QED) is 0.147. The molecule has 268 valence electrons. The molecule has 0 saturated heterocycles. The van der Waals surface area contributed by atoms with Crippen LogP contribution in [0, 0.1) is 12.9 Å². The second kappa shape index (κ2) is 13.9. The largest absolute Gasteiger partial charge is 0.497 e. The van der Waals surface area contributed by atoms with Crippen molar-refractivity contribution in [3.8, 4) is 11.5 Å². The Morgan fingerprint density at radius 1 is 1.04 bits per heavy atom. The molecule has 3 aromatic carbocycles. The highest BCUT2D eigenvalue weighted by Crippen LogP contribution is 2.35. The van der Waals surface area contributed by atoms with Gasteiger partial charge in [0, 0.05) is 30.1 Å². The van der Waals surface area contributed by atoms with Crippen molar-refractivity contribution >= 4 is 32.8 Å². The summed E-state index contributed by atoms with van der Waals surface area (Å²) in [6.45, 7) is 10.1. The average molecular weight is 716 g/mol. The first kappa shape index (κ1) is 35.6. The van der Waals surface area contributed by atoms with Gasteiger partial charge in [0.25, 0.3) is 10.0 Å². The number of pyridine rings is 1. The SMILES string of the molecule is COc1ccc(CN(c2cccc(F)n2)S(=O)(=O)c2cc3cnn(C(C)c4cccc5c4CN(C(=O)OC(C)(C)C)CC5)c3cc2C)c(OC)c1. The molecule has 1 aliphatic rings. The minimum Gasteiger partial charge on any atom is -0.497 e. The van der Waals surface area contributed by atoms with Gasteiger partial charge in [0.1, 0.15) is 22.9 Å². The van der Waals surface area contributed by atoms with E-state index in [2.05, 4.69) is 11.1 Å². The lowest BCUT2D eigenvalue weighted by Gasteiger charge is -2.33. The van der Waals surface area contributed by atoms with Crippen LogP contribution in [0.5, 0.6) is 11.5 Å². The summed E-state index contributed by atoms with van der Waals surface area (Å²) in [6.07, 6.45) is 2.00. The number of rotatable bonds is 9. The molecule has 1 unspecified atom stereocenters. The highest BCUT2D eigenvalue weighted by atomic mass is 32.2. The zero-order chi connectivity index (χ0) is 36.7. The van der Waals surface area contributed by atoms with E-state index >= 15 is 0 Å². The van der Waals surface area contributed by atoms with Gasteiger partial charge in [-0.3, -0.25) is 4.68 Å². The third-order valence-corrected chi connectivity index (χ3v) is 10.9. The second-order valence-corrected chi connectivity index (χ2v) is 15.4. The summed E-state index contributed by atoms with van der Waals surface area (Å²) in [5, 5.41) is 5.33. The van der Waals surface area contributed by atoms with Crippen LogP contribution in [0.15, 0.2) is 77.8 Å². The van der Waals surface area contributed by atoms with Crippen LogP contribution < -0.4 is 13.8 Å². The molecule has 0 fully saturated rings. The molecule has 2 aromatic heterocycles. The minimum absolute atomic E-state index is 0.0332. The summed E-state index contributed by atoms with van der Waals surface area (Å²) in [6, 6.07) is 18.4. The fourth-order valence-electron chi connectivity index (χ4n) is 6.46. The summed E-state index contributed by atoms with van der Waals surface area (Å²) < 4.78 is 63.0. The van der Waals surface area contributed by atoms with Crippen LogP contribution in [0.3, 0.4) is 0 Å². The number of halogens is 1. The summed E-state index contributed by atoms with van der Waals surface area (Å²) in [5.41, 5.74) is 4.37. The van der Waals surface area contributed by atoms with Crippen molar-refractivity contribution in [2.45, 2.75) is 70.7 Å². The lowest BCUT2D eigenvalue weighted by atomic mass is 9.92. The molecule has 3 heterocycles. The van der Waals surface area contributed by atoms with Gasteiger partial charge >= 0.3 is 6.09 Å². The third kappa shape index (κ3) is 7.21. The molecule has 5 aromatic rings. The van der Waals surface area contributed by atoms with Gasteiger partial charge in [-0.15, -0.1) is 0 Å². The molecule has 1 amide bonds. The average Bonchev–Trinajstić information content (AvgIpc) is 3.51. The van der Waals surface area contributed by atoms with Crippen molar-refractivity contribution in [1.29, 1.82) is 0 Å². The number of aromatic nitrogens is 3. The zero-order valence-electron chi connectivity index (χ0n) is 29.8. The van der Waals surface area contributed by atoms with E-state index in [0.29, 0.717) is 47.5 Å². The molecule has 1 atom stereocenters. The second-order valence-electron chi connectivity index (χ2n) is 13.6. The van der Waals surface area contributed by atoms with Gasteiger partial charge in [0.05, 0.1) is 43.4 Å². The fraction of sp³-hybridized carbons (Fsp3) is 0.342. The van der Waals surface area contributed by atoms with Crippen molar-refractivity contribution in [1.82, 2.24) is 19.7 Å². The van der Waals surface area contributed by atoms with E-state index in [-0.39, 0.29) is 29.4 Å². The number of anilines is 1. The molecule has 6 rings (SSSR count). The molecule has 0 saturated carbocycles. The number of hydrogen-bond donors (Lipinski definition) is 0. The van der Waals surface area contributed by atoms with E-state index in [0.717, 1.165) is 27.0 Å². The predicted octanol–water partition coefficient (Wildman–Crippen LogP) is 7.19. The van der Waals surface area contributed by atoms with Gasteiger partial charge in [0.2, 0.25) is 5.95 Å². The monoisotopic (exact) mass is 715 g/mol. The number of fused-ring (bicyclic) bond motifs is 2. The van der Waals surface area contributed by atoms with E-state index in [1.807, 2.05) is 44.5 Å². The molecular formula is C38H42FN5O6S. The van der Waals surface area contributed by atoms with Gasteiger partial charge in [-0.25, -0.2) is 22.5 Å². The Kier molecular flexibility index (Phi) is 9.69. The number of hydrogen-bond acceptors (Lipinski definition) is 8. The molecule has 0 radical (unpaired) electrons. The molecule has 0 N–H and O–H groups in total. The van der Waals surface area contributed by atoms with Crippen LogP contribution in [0.25, 0.3) is 10.9 Å². The predicted molar refractivity (Wildman–Crippen MR) is 192 cm³/mol. The first-order valence-electron chi connectivity index (χ1n) is 16.6. The van der Waals surface area contributed by atoms with Crippen LogP contribution in [0.1, 0.15) is 61.6 Å². The van der Waals surface area contributed by atoms with Crippen molar-refractivity contribution in [3.63, 3.8) is 0 Å². The molecule has 1 aliphatic heterocycles. The summed E-state index contributed by atoms with van der Waals surface area (Å²) >= 11 is 0. The molecule has 0 aliphatic carbocycles. The Bertz CT molecular complexity index is 2210. The lowest BCUT2D eigenvalue weighted by Crippen LogP contribution is -2.40. The van der Waals surface area contributed by atoms with Crippen LogP contribution in [-0.2, 0) is 34.3 Å². The van der Waals surface area contributed by atoms with E-state index in [9.17, 15) is 17.6 Å². The zero-order valence-corrected chi connectivity index (χ0v) is 30.6. The summed E-state index contributed by atoms with van der Waals surface area (Å²) in [5.74, 6) is 0.0589. The Morgan fingerprint density at radius 3 is 2.51 bits per heavy atom. The van der Waals surface area contributed by atoms with Gasteiger partial charge < -0.3 is 19.1 Å². The molecular weight excluding hydrogens is 674 g/mol. The smallest absolute Gasteiger partial charge is 0.410 e. The lowest BCUT2D eigenvalue weighted by molar-refractivity contribution is 0.0223. The van der Waals surface area contributed by atoms with E-state index in [1.165, 1.54) is 31.9 Å². The number of sulfonamides is 1. The van der Waals surface area contributed by atoms with Crippen LogP contribution in [-0.4, -0.2) is 60.5 Å². The number of carbonyl (C=O) groups is 1. The Labute approximate surface area is 297 Å². The van der Waals surface area contributed by atoms with Crippen LogP contribution in [0.4, 0.5) is 15.0 Å². The number of carbonyl (C=O) groups excluding carboxylic acids is 1. The van der Waals surface area contributed by atoms with Gasteiger partial charge in [-0.05, 0) is 99.7 Å². The van der Waals surface area contributed by atoms with Gasteiger partial charge in [-0.2, -0.15) is 9.49 Å². The van der Waals surface area contributed by atoms with Crippen molar-refractivity contribution < 1.29 is 31.8 Å². The molecule has 0 bridgehead atoms. The maximum Gasteiger partial charge on any atom is 0.410 e. The Balaban J connectivity index is 1.37. The van der Waals surface area contributed by atoms with Crippen LogP contribution >= 0.6 is 0 Å². The van der Waals surface area contributed by atoms with Crippen molar-refractivity contribution in [2.24, 2.45) is 0 Å².